The monoisotopic (exact) mass is 292 g/mol. The number of carbonyl (C=O) groups excluding carboxylic acids is 2. The number of carbonyl (C=O) groups is 3. The molecule has 1 rings (SSSR count). The van der Waals surface area contributed by atoms with E-state index in [1.807, 2.05) is 30.3 Å². The second kappa shape index (κ2) is 7.42. The molecule has 1 aromatic carbocycles. The number of nitrogens with one attached hydrogen (secondary N) is 1. The molecule has 0 aromatic heterocycles. The van der Waals surface area contributed by atoms with Crippen molar-refractivity contribution in [2.75, 3.05) is 0 Å². The molecule has 114 valence electrons. The molecular weight excluding hydrogens is 272 g/mol. The van der Waals surface area contributed by atoms with Crippen LogP contribution in [0.3, 0.4) is 0 Å². The van der Waals surface area contributed by atoms with E-state index < -0.39 is 24.0 Å². The molecule has 1 aromatic rings. The van der Waals surface area contributed by atoms with Crippen LogP contribution in [0, 0.1) is 0 Å². The first-order chi connectivity index (χ1) is 9.82. The van der Waals surface area contributed by atoms with Gasteiger partial charge in [-0.1, -0.05) is 30.3 Å². The maximum Gasteiger partial charge on any atom is 0.326 e. The summed E-state index contributed by atoms with van der Waals surface area (Å²) >= 11 is 0. The first-order valence-electron chi connectivity index (χ1n) is 6.67. The van der Waals surface area contributed by atoms with E-state index in [1.54, 1.807) is 0 Å². The van der Waals surface area contributed by atoms with Gasteiger partial charge in [-0.2, -0.15) is 0 Å². The van der Waals surface area contributed by atoms with E-state index in [1.165, 1.54) is 25.7 Å². The molecule has 2 unspecified atom stereocenters. The highest BCUT2D eigenvalue weighted by Gasteiger charge is 2.29. The lowest BCUT2D eigenvalue weighted by atomic mass is 10.1. The van der Waals surface area contributed by atoms with Gasteiger partial charge in [0.25, 0.3) is 0 Å². The highest BCUT2D eigenvalue weighted by Crippen LogP contribution is 2.11. The van der Waals surface area contributed by atoms with Crippen LogP contribution in [0.5, 0.6) is 0 Å². The van der Waals surface area contributed by atoms with Crippen LogP contribution in [-0.2, 0) is 20.9 Å². The Hall–Kier alpha value is -2.37. The second-order valence-corrected chi connectivity index (χ2v) is 4.89. The largest absolute Gasteiger partial charge is 0.480 e. The third-order valence-electron chi connectivity index (χ3n) is 3.09. The third-order valence-corrected chi connectivity index (χ3v) is 3.09. The Balaban J connectivity index is 2.94. The van der Waals surface area contributed by atoms with Gasteiger partial charge in [0, 0.05) is 13.5 Å². The number of carboxylic acid groups (broad SMARTS) is 1. The Morgan fingerprint density at radius 1 is 1.19 bits per heavy atom. The predicted molar refractivity (Wildman–Crippen MR) is 77.4 cm³/mol. The number of nitrogens with zero attached hydrogens (tertiary/aromatic N) is 1. The Labute approximate surface area is 123 Å². The van der Waals surface area contributed by atoms with Gasteiger partial charge in [0.2, 0.25) is 11.8 Å². The lowest BCUT2D eigenvalue weighted by Crippen LogP contribution is -2.51. The quantitative estimate of drug-likeness (QED) is 0.819. The molecule has 0 aliphatic heterocycles. The highest BCUT2D eigenvalue weighted by molar-refractivity contribution is 5.89. The van der Waals surface area contributed by atoms with Gasteiger partial charge in [0.15, 0.2) is 0 Å². The molecule has 0 bridgehead atoms. The van der Waals surface area contributed by atoms with Crippen molar-refractivity contribution in [1.82, 2.24) is 10.2 Å². The summed E-state index contributed by atoms with van der Waals surface area (Å²) in [6.45, 7) is 4.48. The minimum atomic E-state index is -1.09. The molecule has 2 atom stereocenters. The molecule has 0 saturated heterocycles. The van der Waals surface area contributed by atoms with Crippen molar-refractivity contribution < 1.29 is 19.5 Å². The lowest BCUT2D eigenvalue weighted by Gasteiger charge is -2.29. The van der Waals surface area contributed by atoms with E-state index in [9.17, 15) is 14.4 Å². The van der Waals surface area contributed by atoms with Gasteiger partial charge in [-0.15, -0.1) is 0 Å². The molecule has 2 N–H and O–H groups in total. The average molecular weight is 292 g/mol. The SMILES string of the molecule is CC(=O)NC(C)C(=O)N(Cc1ccccc1)C(C)C(=O)O. The van der Waals surface area contributed by atoms with Crippen molar-refractivity contribution in [3.63, 3.8) is 0 Å². The van der Waals surface area contributed by atoms with E-state index >= 15 is 0 Å². The Bertz CT molecular complexity index is 516. The van der Waals surface area contributed by atoms with Crippen molar-refractivity contribution in [2.24, 2.45) is 0 Å². The molecule has 0 aliphatic carbocycles. The van der Waals surface area contributed by atoms with E-state index in [4.69, 9.17) is 5.11 Å². The topological polar surface area (TPSA) is 86.7 Å². The van der Waals surface area contributed by atoms with Gasteiger partial charge in [-0.3, -0.25) is 9.59 Å². The van der Waals surface area contributed by atoms with E-state index in [2.05, 4.69) is 5.32 Å². The summed E-state index contributed by atoms with van der Waals surface area (Å²) < 4.78 is 0. The summed E-state index contributed by atoms with van der Waals surface area (Å²) in [5.74, 6) is -1.85. The average Bonchev–Trinajstić information content (AvgIpc) is 2.43. The fourth-order valence-electron chi connectivity index (χ4n) is 1.93. The lowest BCUT2D eigenvalue weighted by molar-refractivity contribution is -0.151. The third kappa shape index (κ3) is 4.91. The molecule has 0 radical (unpaired) electrons. The molecule has 21 heavy (non-hydrogen) atoms. The van der Waals surface area contributed by atoms with Gasteiger partial charge in [0.05, 0.1) is 0 Å². The minimum Gasteiger partial charge on any atom is -0.480 e. The number of carboxylic acids is 1. The number of benzene rings is 1. The maximum absolute atomic E-state index is 12.4. The highest BCUT2D eigenvalue weighted by atomic mass is 16.4. The molecule has 0 spiro atoms. The first-order valence-corrected chi connectivity index (χ1v) is 6.67. The normalized spacial score (nSPS) is 13.1. The standard InChI is InChI=1S/C15H20N2O4/c1-10(16-12(3)18)14(19)17(11(2)15(20)21)9-13-7-5-4-6-8-13/h4-8,10-11H,9H2,1-3H3,(H,16,18)(H,20,21). The van der Waals surface area contributed by atoms with Crippen molar-refractivity contribution in [1.29, 1.82) is 0 Å². The molecule has 0 fully saturated rings. The molecule has 6 heteroatoms. The van der Waals surface area contributed by atoms with E-state index in [-0.39, 0.29) is 12.5 Å². The number of hydrogen-bond donors (Lipinski definition) is 2. The Morgan fingerprint density at radius 3 is 2.24 bits per heavy atom. The summed E-state index contributed by atoms with van der Waals surface area (Å²) in [6.07, 6.45) is 0. The van der Waals surface area contributed by atoms with Crippen LogP contribution in [0.4, 0.5) is 0 Å². The summed E-state index contributed by atoms with van der Waals surface area (Å²) in [7, 11) is 0. The van der Waals surface area contributed by atoms with Crippen LogP contribution in [0.1, 0.15) is 26.3 Å². The zero-order chi connectivity index (χ0) is 16.0. The summed E-state index contributed by atoms with van der Waals surface area (Å²) in [4.78, 5) is 35.9. The van der Waals surface area contributed by atoms with Crippen molar-refractivity contribution in [3.8, 4) is 0 Å². The molecule has 6 nitrogen and oxygen atoms in total. The summed E-state index contributed by atoms with van der Waals surface area (Å²) in [6, 6.07) is 7.37. The van der Waals surface area contributed by atoms with Crippen molar-refractivity contribution in [3.05, 3.63) is 35.9 Å². The second-order valence-electron chi connectivity index (χ2n) is 4.89. The number of aliphatic carboxylic acids is 1. The summed E-state index contributed by atoms with van der Waals surface area (Å²) in [5, 5.41) is 11.6. The molecule has 2 amide bonds. The fourth-order valence-corrected chi connectivity index (χ4v) is 1.93. The van der Waals surface area contributed by atoms with Gasteiger partial charge in [-0.05, 0) is 19.4 Å². The molecule has 0 heterocycles. The van der Waals surface area contributed by atoms with Crippen LogP contribution >= 0.6 is 0 Å². The predicted octanol–water partition coefficient (Wildman–Crippen LogP) is 1.01. The van der Waals surface area contributed by atoms with E-state index in [0.29, 0.717) is 0 Å². The fraction of sp³-hybridized carbons (Fsp3) is 0.400. The van der Waals surface area contributed by atoms with Crippen molar-refractivity contribution in [2.45, 2.75) is 39.4 Å². The smallest absolute Gasteiger partial charge is 0.326 e. The van der Waals surface area contributed by atoms with Crippen LogP contribution < -0.4 is 5.32 Å². The molecule has 0 aliphatic rings. The molecular formula is C15H20N2O4. The van der Waals surface area contributed by atoms with Crippen LogP contribution in [0.15, 0.2) is 30.3 Å². The Kier molecular flexibility index (Phi) is 5.90. The van der Waals surface area contributed by atoms with Gasteiger partial charge < -0.3 is 15.3 Å². The van der Waals surface area contributed by atoms with Crippen LogP contribution in [0.2, 0.25) is 0 Å². The summed E-state index contributed by atoms with van der Waals surface area (Å²) in [5.41, 5.74) is 0.828. The number of hydrogen-bond acceptors (Lipinski definition) is 3. The van der Waals surface area contributed by atoms with Crippen LogP contribution in [-0.4, -0.2) is 39.9 Å². The first kappa shape index (κ1) is 16.7. The van der Waals surface area contributed by atoms with Gasteiger partial charge in [-0.25, -0.2) is 4.79 Å². The number of rotatable bonds is 6. The molecule has 0 saturated carbocycles. The van der Waals surface area contributed by atoms with Crippen molar-refractivity contribution >= 4 is 17.8 Å². The van der Waals surface area contributed by atoms with Gasteiger partial charge >= 0.3 is 5.97 Å². The van der Waals surface area contributed by atoms with Gasteiger partial charge in [0.1, 0.15) is 12.1 Å². The maximum atomic E-state index is 12.4. The zero-order valence-corrected chi connectivity index (χ0v) is 12.4. The Morgan fingerprint density at radius 2 is 1.76 bits per heavy atom. The van der Waals surface area contributed by atoms with E-state index in [0.717, 1.165) is 5.56 Å². The minimum absolute atomic E-state index is 0.178. The zero-order valence-electron chi connectivity index (χ0n) is 12.4. The number of amides is 2. The van der Waals surface area contributed by atoms with Crippen LogP contribution in [0.25, 0.3) is 0 Å².